The van der Waals surface area contributed by atoms with Crippen LogP contribution < -0.4 is 0 Å². The fourth-order valence-corrected chi connectivity index (χ4v) is 3.58. The number of aryl methyl sites for hydroxylation is 1. The molecule has 0 saturated carbocycles. The van der Waals surface area contributed by atoms with E-state index in [4.69, 9.17) is 16.6 Å². The normalized spacial score (nSPS) is 20.0. The molecule has 0 N–H and O–H groups in total. The van der Waals surface area contributed by atoms with E-state index >= 15 is 0 Å². The van der Waals surface area contributed by atoms with Crippen molar-refractivity contribution in [3.8, 4) is 0 Å². The van der Waals surface area contributed by atoms with Gasteiger partial charge in [0.1, 0.15) is 5.82 Å². The average Bonchev–Trinajstić information content (AvgIpc) is 3.06. The zero-order valence-electron chi connectivity index (χ0n) is 13.1. The summed E-state index contributed by atoms with van der Waals surface area (Å²) in [5.74, 6) is 2.19. The highest BCUT2D eigenvalue weighted by molar-refractivity contribution is 6.16. The first-order valence-corrected chi connectivity index (χ1v) is 8.38. The molecule has 1 atom stereocenters. The van der Waals surface area contributed by atoms with Crippen LogP contribution in [0.5, 0.6) is 0 Å². The Balaban J connectivity index is 1.88. The molecule has 1 unspecified atom stereocenters. The van der Waals surface area contributed by atoms with Crippen molar-refractivity contribution in [3.05, 3.63) is 29.6 Å². The van der Waals surface area contributed by atoms with E-state index in [2.05, 4.69) is 48.4 Å². The molecule has 0 aliphatic carbocycles. The number of aromatic nitrogens is 2. The Hall–Kier alpha value is -1.06. The van der Waals surface area contributed by atoms with Gasteiger partial charge in [0.25, 0.3) is 0 Å². The molecule has 21 heavy (non-hydrogen) atoms. The lowest BCUT2D eigenvalue weighted by molar-refractivity contribution is 0.261. The molecule has 4 heteroatoms. The maximum absolute atomic E-state index is 6.13. The van der Waals surface area contributed by atoms with Gasteiger partial charge in [0, 0.05) is 19.1 Å². The van der Waals surface area contributed by atoms with Crippen molar-refractivity contribution in [1.29, 1.82) is 0 Å². The number of likely N-dealkylation sites (tertiary alicyclic amines) is 1. The lowest BCUT2D eigenvalue weighted by atomic mass is 10.1. The van der Waals surface area contributed by atoms with Gasteiger partial charge in [-0.15, -0.1) is 11.6 Å². The minimum atomic E-state index is 0.481. The minimum Gasteiger partial charge on any atom is -0.327 e. The van der Waals surface area contributed by atoms with Crippen LogP contribution >= 0.6 is 11.6 Å². The maximum atomic E-state index is 6.13. The topological polar surface area (TPSA) is 21.1 Å². The molecule has 2 aromatic rings. The summed E-state index contributed by atoms with van der Waals surface area (Å²) >= 11 is 6.13. The second kappa shape index (κ2) is 5.98. The highest BCUT2D eigenvalue weighted by atomic mass is 35.5. The van der Waals surface area contributed by atoms with Gasteiger partial charge < -0.3 is 9.47 Å². The number of halogens is 1. The summed E-state index contributed by atoms with van der Waals surface area (Å²) in [6.45, 7) is 10.1. The molecular weight excluding hydrogens is 282 g/mol. The standard InChI is InChI=1S/C17H24ClN3/c1-12(2)20-8-7-14(10-20)11-21-15-6-4-5-13(3)17(15)19-16(21)9-18/h4-6,12,14H,7-11H2,1-3H3. The summed E-state index contributed by atoms with van der Waals surface area (Å²) in [4.78, 5) is 7.31. The molecule has 0 amide bonds. The highest BCUT2D eigenvalue weighted by Gasteiger charge is 2.25. The molecule has 0 spiro atoms. The summed E-state index contributed by atoms with van der Waals surface area (Å²) < 4.78 is 2.34. The quantitative estimate of drug-likeness (QED) is 0.801. The van der Waals surface area contributed by atoms with Gasteiger partial charge in [-0.2, -0.15) is 0 Å². The third-order valence-electron chi connectivity index (χ3n) is 4.67. The van der Waals surface area contributed by atoms with Crippen molar-refractivity contribution in [3.63, 3.8) is 0 Å². The average molecular weight is 306 g/mol. The minimum absolute atomic E-state index is 0.481. The Morgan fingerprint density at radius 3 is 2.86 bits per heavy atom. The van der Waals surface area contributed by atoms with Crippen LogP contribution in [0.3, 0.4) is 0 Å². The van der Waals surface area contributed by atoms with Crippen LogP contribution in [0.25, 0.3) is 11.0 Å². The molecule has 1 aromatic carbocycles. The van der Waals surface area contributed by atoms with Crippen molar-refractivity contribution in [1.82, 2.24) is 14.5 Å². The second-order valence-corrected chi connectivity index (χ2v) is 6.73. The van der Waals surface area contributed by atoms with Crippen LogP contribution in [-0.2, 0) is 12.4 Å². The largest absolute Gasteiger partial charge is 0.327 e. The van der Waals surface area contributed by atoms with Gasteiger partial charge in [0.2, 0.25) is 0 Å². The monoisotopic (exact) mass is 305 g/mol. The summed E-state index contributed by atoms with van der Waals surface area (Å²) in [7, 11) is 0. The third kappa shape index (κ3) is 2.82. The van der Waals surface area contributed by atoms with E-state index in [1.807, 2.05) is 0 Å². The Kier molecular flexibility index (Phi) is 4.23. The lowest BCUT2D eigenvalue weighted by Gasteiger charge is -2.20. The van der Waals surface area contributed by atoms with Crippen LogP contribution in [0.4, 0.5) is 0 Å². The van der Waals surface area contributed by atoms with Crippen molar-refractivity contribution in [2.75, 3.05) is 13.1 Å². The Morgan fingerprint density at radius 2 is 2.19 bits per heavy atom. The number of para-hydroxylation sites is 1. The molecule has 0 radical (unpaired) electrons. The summed E-state index contributed by atoms with van der Waals surface area (Å²) in [6.07, 6.45) is 1.27. The van der Waals surface area contributed by atoms with E-state index in [0.29, 0.717) is 17.8 Å². The van der Waals surface area contributed by atoms with Gasteiger partial charge in [0.15, 0.2) is 0 Å². The molecule has 1 aromatic heterocycles. The molecule has 1 aliphatic rings. The number of benzene rings is 1. The van der Waals surface area contributed by atoms with Gasteiger partial charge in [0.05, 0.1) is 16.9 Å². The Bertz CT molecular complexity index is 632. The Morgan fingerprint density at radius 1 is 1.38 bits per heavy atom. The maximum Gasteiger partial charge on any atom is 0.124 e. The molecule has 1 aliphatic heterocycles. The van der Waals surface area contributed by atoms with Gasteiger partial charge in [-0.1, -0.05) is 12.1 Å². The van der Waals surface area contributed by atoms with Crippen LogP contribution in [0.2, 0.25) is 0 Å². The number of hydrogen-bond acceptors (Lipinski definition) is 2. The van der Waals surface area contributed by atoms with E-state index in [0.717, 1.165) is 17.9 Å². The van der Waals surface area contributed by atoms with Crippen molar-refractivity contribution in [2.24, 2.45) is 5.92 Å². The van der Waals surface area contributed by atoms with Crippen molar-refractivity contribution >= 4 is 22.6 Å². The third-order valence-corrected chi connectivity index (χ3v) is 4.91. The fraction of sp³-hybridized carbons (Fsp3) is 0.588. The number of hydrogen-bond donors (Lipinski definition) is 0. The zero-order valence-corrected chi connectivity index (χ0v) is 13.9. The molecule has 3 rings (SSSR count). The van der Waals surface area contributed by atoms with Crippen molar-refractivity contribution < 1.29 is 0 Å². The molecule has 1 fully saturated rings. The number of imidazole rings is 1. The molecule has 3 nitrogen and oxygen atoms in total. The van der Waals surface area contributed by atoms with E-state index in [1.165, 1.54) is 30.6 Å². The molecular formula is C17H24ClN3. The molecule has 114 valence electrons. The van der Waals surface area contributed by atoms with Gasteiger partial charge in [-0.25, -0.2) is 4.98 Å². The SMILES string of the molecule is Cc1cccc2c1nc(CCl)n2CC1CCN(C(C)C)C1. The predicted octanol–water partition coefficient (Wildman–Crippen LogP) is 3.81. The Labute approximate surface area is 131 Å². The number of nitrogens with zero attached hydrogens (tertiary/aromatic N) is 3. The smallest absolute Gasteiger partial charge is 0.124 e. The van der Waals surface area contributed by atoms with Crippen molar-refractivity contribution in [2.45, 2.75) is 45.7 Å². The van der Waals surface area contributed by atoms with Crippen LogP contribution in [0.1, 0.15) is 31.7 Å². The van der Waals surface area contributed by atoms with E-state index in [9.17, 15) is 0 Å². The van der Waals surface area contributed by atoms with E-state index in [1.54, 1.807) is 0 Å². The summed E-state index contributed by atoms with van der Waals surface area (Å²) in [5, 5.41) is 0. The van der Waals surface area contributed by atoms with E-state index in [-0.39, 0.29) is 0 Å². The summed E-state index contributed by atoms with van der Waals surface area (Å²) in [6, 6.07) is 7.04. The number of fused-ring (bicyclic) bond motifs is 1. The highest BCUT2D eigenvalue weighted by Crippen LogP contribution is 2.25. The fourth-order valence-electron chi connectivity index (χ4n) is 3.38. The number of rotatable bonds is 4. The predicted molar refractivity (Wildman–Crippen MR) is 88.8 cm³/mol. The zero-order chi connectivity index (χ0) is 15.0. The number of alkyl halides is 1. The van der Waals surface area contributed by atoms with Crippen LogP contribution in [-0.4, -0.2) is 33.6 Å². The molecule has 1 saturated heterocycles. The molecule has 2 heterocycles. The van der Waals surface area contributed by atoms with Crippen LogP contribution in [0, 0.1) is 12.8 Å². The van der Waals surface area contributed by atoms with Crippen LogP contribution in [0.15, 0.2) is 18.2 Å². The van der Waals surface area contributed by atoms with E-state index < -0.39 is 0 Å². The van der Waals surface area contributed by atoms with Gasteiger partial charge in [-0.05, 0) is 51.3 Å². The first-order valence-electron chi connectivity index (χ1n) is 7.85. The first kappa shape index (κ1) is 14.9. The summed E-state index contributed by atoms with van der Waals surface area (Å²) in [5.41, 5.74) is 3.56. The van der Waals surface area contributed by atoms with Gasteiger partial charge >= 0.3 is 0 Å². The second-order valence-electron chi connectivity index (χ2n) is 6.46. The first-order chi connectivity index (χ1) is 10.1. The van der Waals surface area contributed by atoms with Gasteiger partial charge in [-0.3, -0.25) is 0 Å². The molecule has 0 bridgehead atoms. The lowest BCUT2D eigenvalue weighted by Crippen LogP contribution is -2.28.